The molecule has 0 fully saturated rings. The van der Waals surface area contributed by atoms with Crippen molar-refractivity contribution in [3.63, 3.8) is 0 Å². The number of pyridine rings is 1. The minimum atomic E-state index is 0.0383. The van der Waals surface area contributed by atoms with Gasteiger partial charge in [-0.2, -0.15) is 0 Å². The van der Waals surface area contributed by atoms with Gasteiger partial charge in [0.1, 0.15) is 0 Å². The van der Waals surface area contributed by atoms with E-state index in [1.807, 2.05) is 19.2 Å². The van der Waals surface area contributed by atoms with Gasteiger partial charge in [0.25, 0.3) is 0 Å². The van der Waals surface area contributed by atoms with Gasteiger partial charge in [-0.15, -0.1) is 0 Å². The summed E-state index contributed by atoms with van der Waals surface area (Å²) in [7, 11) is 1.68. The summed E-state index contributed by atoms with van der Waals surface area (Å²) in [4.78, 5) is 4.27. The summed E-state index contributed by atoms with van der Waals surface area (Å²) in [5.74, 6) is 0. The van der Waals surface area contributed by atoms with E-state index >= 15 is 0 Å². The predicted octanol–water partition coefficient (Wildman–Crippen LogP) is 3.16. The lowest BCUT2D eigenvalue weighted by molar-refractivity contribution is 0.115. The van der Waals surface area contributed by atoms with Crippen molar-refractivity contribution in [2.75, 3.05) is 7.11 Å². The zero-order valence-electron chi connectivity index (χ0n) is 6.84. The summed E-state index contributed by atoms with van der Waals surface area (Å²) in [6.07, 6.45) is 1.87. The van der Waals surface area contributed by atoms with Crippen molar-refractivity contribution in [3.05, 3.63) is 26.0 Å². The lowest BCUT2D eigenvalue weighted by Crippen LogP contribution is -2.00. The van der Waals surface area contributed by atoms with Crippen molar-refractivity contribution in [1.29, 1.82) is 0 Å². The molecule has 1 atom stereocenters. The van der Waals surface area contributed by atoms with Gasteiger partial charge in [0, 0.05) is 21.3 Å². The zero-order chi connectivity index (χ0) is 9.14. The Kier molecular flexibility index (Phi) is 3.92. The van der Waals surface area contributed by atoms with Gasteiger partial charge in [-0.25, -0.2) is 0 Å². The molecule has 0 aromatic carbocycles. The fourth-order valence-corrected chi connectivity index (χ4v) is 2.39. The van der Waals surface area contributed by atoms with Crippen molar-refractivity contribution in [2.24, 2.45) is 0 Å². The molecular formula is C8H9BrINO. The third-order valence-electron chi connectivity index (χ3n) is 1.57. The second kappa shape index (κ2) is 4.53. The van der Waals surface area contributed by atoms with Gasteiger partial charge in [-0.05, 0) is 51.5 Å². The Bertz CT molecular complexity index is 280. The van der Waals surface area contributed by atoms with Crippen molar-refractivity contribution < 1.29 is 4.74 Å². The fraction of sp³-hybridized carbons (Fsp3) is 0.375. The normalized spacial score (nSPS) is 13.0. The quantitative estimate of drug-likeness (QED) is 0.771. The Labute approximate surface area is 94.0 Å². The molecule has 0 saturated heterocycles. The summed E-state index contributed by atoms with van der Waals surface area (Å²) in [6, 6.07) is 2.03. The van der Waals surface area contributed by atoms with Gasteiger partial charge >= 0.3 is 0 Å². The second-order valence-electron chi connectivity index (χ2n) is 2.40. The maximum Gasteiger partial charge on any atom is 0.0974 e. The van der Waals surface area contributed by atoms with Gasteiger partial charge in [0.2, 0.25) is 0 Å². The van der Waals surface area contributed by atoms with Crippen molar-refractivity contribution >= 4 is 38.5 Å². The number of hydrogen-bond donors (Lipinski definition) is 0. The fourth-order valence-electron chi connectivity index (χ4n) is 0.836. The summed E-state index contributed by atoms with van der Waals surface area (Å²) in [5.41, 5.74) is 0.943. The number of aromatic nitrogens is 1. The van der Waals surface area contributed by atoms with E-state index in [4.69, 9.17) is 4.74 Å². The molecule has 0 bridgehead atoms. The van der Waals surface area contributed by atoms with Crippen LogP contribution in [0.4, 0.5) is 0 Å². The monoisotopic (exact) mass is 341 g/mol. The van der Waals surface area contributed by atoms with Crippen LogP contribution in [-0.4, -0.2) is 12.1 Å². The number of methoxy groups -OCH3 is 1. The van der Waals surface area contributed by atoms with Crippen LogP contribution in [0.25, 0.3) is 0 Å². The highest BCUT2D eigenvalue weighted by Gasteiger charge is 2.09. The molecule has 1 rings (SSSR count). The van der Waals surface area contributed by atoms with Crippen molar-refractivity contribution in [2.45, 2.75) is 13.0 Å². The van der Waals surface area contributed by atoms with Crippen LogP contribution in [0.15, 0.2) is 16.7 Å². The first-order chi connectivity index (χ1) is 5.65. The Morgan fingerprint density at radius 3 is 2.83 bits per heavy atom. The lowest BCUT2D eigenvalue weighted by Gasteiger charge is -2.10. The smallest absolute Gasteiger partial charge is 0.0974 e. The molecule has 0 aliphatic carbocycles. The van der Waals surface area contributed by atoms with E-state index in [2.05, 4.69) is 43.5 Å². The van der Waals surface area contributed by atoms with Gasteiger partial charge in [0.05, 0.1) is 11.8 Å². The standard InChI is InChI=1S/C8H9BrINO/c1-5(12-2)8-7(9)3-6(10)4-11-8/h3-5H,1-2H3/t5-/m0/s1. The van der Waals surface area contributed by atoms with E-state index in [1.54, 1.807) is 7.11 Å². The van der Waals surface area contributed by atoms with Crippen LogP contribution in [-0.2, 0) is 4.74 Å². The highest BCUT2D eigenvalue weighted by Crippen LogP contribution is 2.24. The maximum absolute atomic E-state index is 5.16. The molecule has 0 radical (unpaired) electrons. The zero-order valence-corrected chi connectivity index (χ0v) is 10.6. The van der Waals surface area contributed by atoms with Gasteiger partial charge in [0.15, 0.2) is 0 Å². The number of halogens is 2. The van der Waals surface area contributed by atoms with E-state index in [-0.39, 0.29) is 6.10 Å². The third-order valence-corrected chi connectivity index (χ3v) is 2.80. The highest BCUT2D eigenvalue weighted by atomic mass is 127. The van der Waals surface area contributed by atoms with E-state index in [9.17, 15) is 0 Å². The Morgan fingerprint density at radius 1 is 1.67 bits per heavy atom. The van der Waals surface area contributed by atoms with Crippen LogP contribution < -0.4 is 0 Å². The molecule has 0 aliphatic heterocycles. The number of nitrogens with zero attached hydrogens (tertiary/aromatic N) is 1. The van der Waals surface area contributed by atoms with Gasteiger partial charge in [-0.1, -0.05) is 0 Å². The summed E-state index contributed by atoms with van der Waals surface area (Å²) in [6.45, 7) is 1.97. The molecule has 2 nitrogen and oxygen atoms in total. The number of ether oxygens (including phenoxy) is 1. The van der Waals surface area contributed by atoms with Crippen molar-refractivity contribution in [3.8, 4) is 0 Å². The average Bonchev–Trinajstić information content (AvgIpc) is 2.03. The van der Waals surface area contributed by atoms with E-state index < -0.39 is 0 Å². The third kappa shape index (κ3) is 2.40. The first-order valence-electron chi connectivity index (χ1n) is 3.49. The second-order valence-corrected chi connectivity index (χ2v) is 4.50. The Hall–Kier alpha value is 0.320. The number of rotatable bonds is 2. The minimum absolute atomic E-state index is 0.0383. The van der Waals surface area contributed by atoms with Crippen LogP contribution in [0.3, 0.4) is 0 Å². The van der Waals surface area contributed by atoms with E-state index in [0.29, 0.717) is 0 Å². The highest BCUT2D eigenvalue weighted by molar-refractivity contribution is 14.1. The molecule has 1 aromatic heterocycles. The lowest BCUT2D eigenvalue weighted by atomic mass is 10.2. The van der Waals surface area contributed by atoms with Crippen LogP contribution in [0, 0.1) is 3.57 Å². The molecule has 66 valence electrons. The number of hydrogen-bond acceptors (Lipinski definition) is 2. The largest absolute Gasteiger partial charge is 0.375 e. The van der Waals surface area contributed by atoms with E-state index in [1.165, 1.54) is 0 Å². The van der Waals surface area contributed by atoms with Gasteiger partial charge in [-0.3, -0.25) is 4.98 Å². The molecule has 0 spiro atoms. The summed E-state index contributed by atoms with van der Waals surface area (Å²) >= 11 is 5.67. The molecule has 0 amide bonds. The molecule has 0 unspecified atom stereocenters. The average molecular weight is 342 g/mol. The van der Waals surface area contributed by atoms with Crippen LogP contribution in [0.5, 0.6) is 0 Å². The maximum atomic E-state index is 5.16. The molecule has 0 aliphatic rings. The topological polar surface area (TPSA) is 22.1 Å². The van der Waals surface area contributed by atoms with Crippen LogP contribution >= 0.6 is 38.5 Å². The molecular weight excluding hydrogens is 333 g/mol. The van der Waals surface area contributed by atoms with Crippen LogP contribution in [0.2, 0.25) is 0 Å². The van der Waals surface area contributed by atoms with Gasteiger partial charge < -0.3 is 4.74 Å². The summed E-state index contributed by atoms with van der Waals surface area (Å²) in [5, 5.41) is 0. The minimum Gasteiger partial charge on any atom is -0.375 e. The van der Waals surface area contributed by atoms with Crippen molar-refractivity contribution in [1.82, 2.24) is 4.98 Å². The Morgan fingerprint density at radius 2 is 2.33 bits per heavy atom. The van der Waals surface area contributed by atoms with E-state index in [0.717, 1.165) is 13.7 Å². The molecule has 0 N–H and O–H groups in total. The van der Waals surface area contributed by atoms with Crippen LogP contribution in [0.1, 0.15) is 18.7 Å². The molecule has 0 saturated carbocycles. The summed E-state index contributed by atoms with van der Waals surface area (Å²) < 4.78 is 7.28. The molecule has 4 heteroatoms. The Balaban J connectivity index is 3.01. The first-order valence-corrected chi connectivity index (χ1v) is 5.36. The SMILES string of the molecule is CO[C@@H](C)c1ncc(I)cc1Br. The molecule has 1 aromatic rings. The molecule has 12 heavy (non-hydrogen) atoms. The predicted molar refractivity (Wildman–Crippen MR) is 60.1 cm³/mol. The first kappa shape index (κ1) is 10.4. The molecule has 1 heterocycles.